The Morgan fingerprint density at radius 2 is 2.03 bits per heavy atom. The van der Waals surface area contributed by atoms with E-state index in [0.717, 1.165) is 10.4 Å². The summed E-state index contributed by atoms with van der Waals surface area (Å²) in [5.41, 5.74) is 0.943. The SMILES string of the molecule is Cc1ccc(S(=O)(=O)N2CCCC(C(=O)Nc3ncccc3OCc3ccncc3)C2)s1. The van der Waals surface area contributed by atoms with Crippen LogP contribution in [-0.4, -0.2) is 41.7 Å². The Morgan fingerprint density at radius 1 is 1.22 bits per heavy atom. The van der Waals surface area contributed by atoms with Gasteiger partial charge >= 0.3 is 0 Å². The Bertz CT molecular complexity index is 1180. The molecule has 1 fully saturated rings. The first kappa shape index (κ1) is 22.4. The summed E-state index contributed by atoms with van der Waals surface area (Å²) in [5, 5.41) is 2.83. The molecule has 3 aromatic rings. The third-order valence-electron chi connectivity index (χ3n) is 5.22. The van der Waals surface area contributed by atoms with Gasteiger partial charge in [-0.3, -0.25) is 9.78 Å². The van der Waals surface area contributed by atoms with Crippen molar-refractivity contribution in [3.05, 3.63) is 65.4 Å². The van der Waals surface area contributed by atoms with Gasteiger partial charge in [0.1, 0.15) is 10.8 Å². The molecular weight excluding hydrogens is 448 g/mol. The zero-order chi connectivity index (χ0) is 22.6. The van der Waals surface area contributed by atoms with Crippen LogP contribution in [0.4, 0.5) is 5.82 Å². The maximum absolute atomic E-state index is 13.0. The number of amides is 1. The third-order valence-corrected chi connectivity index (χ3v) is 8.55. The molecule has 0 saturated carbocycles. The fourth-order valence-electron chi connectivity index (χ4n) is 3.51. The van der Waals surface area contributed by atoms with Gasteiger partial charge in [0.2, 0.25) is 5.91 Å². The second kappa shape index (κ2) is 9.76. The van der Waals surface area contributed by atoms with E-state index in [4.69, 9.17) is 4.74 Å². The van der Waals surface area contributed by atoms with Crippen LogP contribution in [0, 0.1) is 12.8 Å². The van der Waals surface area contributed by atoms with E-state index in [-0.39, 0.29) is 12.5 Å². The summed E-state index contributed by atoms with van der Waals surface area (Å²) < 4.78 is 33.5. The molecule has 1 atom stereocenters. The van der Waals surface area contributed by atoms with Crippen molar-refractivity contribution in [3.8, 4) is 5.75 Å². The topological polar surface area (TPSA) is 101 Å². The molecule has 4 heterocycles. The van der Waals surface area contributed by atoms with E-state index in [9.17, 15) is 13.2 Å². The minimum absolute atomic E-state index is 0.144. The van der Waals surface area contributed by atoms with E-state index in [0.29, 0.717) is 41.8 Å². The molecule has 1 saturated heterocycles. The number of carbonyl (C=O) groups excluding carboxylic acids is 1. The van der Waals surface area contributed by atoms with Crippen LogP contribution in [0.5, 0.6) is 5.75 Å². The lowest BCUT2D eigenvalue weighted by atomic mass is 9.99. The van der Waals surface area contributed by atoms with Gasteiger partial charge in [0.05, 0.1) is 5.92 Å². The quantitative estimate of drug-likeness (QED) is 0.565. The van der Waals surface area contributed by atoms with E-state index in [1.165, 1.54) is 15.6 Å². The predicted molar refractivity (Wildman–Crippen MR) is 122 cm³/mol. The van der Waals surface area contributed by atoms with Crippen molar-refractivity contribution in [1.82, 2.24) is 14.3 Å². The molecule has 0 aromatic carbocycles. The number of carbonyl (C=O) groups is 1. The van der Waals surface area contributed by atoms with Gasteiger partial charge in [-0.05, 0) is 61.7 Å². The lowest BCUT2D eigenvalue weighted by molar-refractivity contribution is -0.120. The molecule has 0 radical (unpaired) electrons. The first-order chi connectivity index (χ1) is 15.4. The number of ether oxygens (including phenoxy) is 1. The summed E-state index contributed by atoms with van der Waals surface area (Å²) in [6, 6.07) is 10.6. The molecule has 8 nitrogen and oxygen atoms in total. The number of hydrogen-bond acceptors (Lipinski definition) is 7. The summed E-state index contributed by atoms with van der Waals surface area (Å²) in [5.74, 6) is 0.0433. The average Bonchev–Trinajstić information content (AvgIpc) is 3.26. The number of aromatic nitrogens is 2. The van der Waals surface area contributed by atoms with Crippen LogP contribution < -0.4 is 10.1 Å². The molecule has 168 valence electrons. The van der Waals surface area contributed by atoms with Crippen molar-refractivity contribution >= 4 is 33.1 Å². The van der Waals surface area contributed by atoms with Gasteiger partial charge in [-0.1, -0.05) is 0 Å². The predicted octanol–water partition coefficient (Wildman–Crippen LogP) is 3.46. The van der Waals surface area contributed by atoms with E-state index in [1.807, 2.05) is 19.1 Å². The van der Waals surface area contributed by atoms with Crippen LogP contribution in [0.15, 0.2) is 59.2 Å². The summed E-state index contributed by atoms with van der Waals surface area (Å²) in [7, 11) is -3.60. The van der Waals surface area contributed by atoms with Crippen LogP contribution in [-0.2, 0) is 21.4 Å². The van der Waals surface area contributed by atoms with E-state index < -0.39 is 15.9 Å². The first-order valence-electron chi connectivity index (χ1n) is 10.3. The van der Waals surface area contributed by atoms with E-state index in [1.54, 1.807) is 42.9 Å². The molecule has 10 heteroatoms. The molecule has 32 heavy (non-hydrogen) atoms. The Kier molecular flexibility index (Phi) is 6.83. The lowest BCUT2D eigenvalue weighted by Gasteiger charge is -2.30. The maximum atomic E-state index is 13.0. The molecule has 0 aliphatic carbocycles. The fourth-order valence-corrected chi connectivity index (χ4v) is 6.47. The summed E-state index contributed by atoms with van der Waals surface area (Å²) in [6.07, 6.45) is 6.18. The zero-order valence-electron chi connectivity index (χ0n) is 17.6. The van der Waals surface area contributed by atoms with Gasteiger partial charge in [-0.25, -0.2) is 13.4 Å². The summed E-state index contributed by atoms with van der Waals surface area (Å²) in [4.78, 5) is 22.1. The highest BCUT2D eigenvalue weighted by atomic mass is 32.2. The number of hydrogen-bond donors (Lipinski definition) is 1. The van der Waals surface area contributed by atoms with E-state index >= 15 is 0 Å². The van der Waals surface area contributed by atoms with Gasteiger partial charge in [-0.15, -0.1) is 11.3 Å². The molecule has 0 bridgehead atoms. The molecule has 3 aromatic heterocycles. The van der Waals surface area contributed by atoms with Crippen molar-refractivity contribution in [2.24, 2.45) is 5.92 Å². The molecule has 1 N–H and O–H groups in total. The second-order valence-electron chi connectivity index (χ2n) is 7.55. The van der Waals surface area contributed by atoms with Gasteiger partial charge < -0.3 is 10.1 Å². The van der Waals surface area contributed by atoms with Crippen LogP contribution in [0.2, 0.25) is 0 Å². The van der Waals surface area contributed by atoms with Crippen molar-refractivity contribution in [2.45, 2.75) is 30.6 Å². The standard InChI is InChI=1S/C22H24N4O4S2/c1-16-6-7-20(31-16)32(28,29)26-13-3-4-18(14-26)22(27)25-21-19(5-2-10-24-21)30-15-17-8-11-23-12-9-17/h2,5-12,18H,3-4,13-15H2,1H3,(H,24,25,27). The van der Waals surface area contributed by atoms with Crippen molar-refractivity contribution in [2.75, 3.05) is 18.4 Å². The molecular formula is C22H24N4O4S2. The molecule has 0 spiro atoms. The number of nitrogens with one attached hydrogen (secondary N) is 1. The number of pyridine rings is 2. The number of aryl methyl sites for hydroxylation is 1. The van der Waals surface area contributed by atoms with Crippen LogP contribution >= 0.6 is 11.3 Å². The third kappa shape index (κ3) is 5.14. The number of sulfonamides is 1. The lowest BCUT2D eigenvalue weighted by Crippen LogP contribution is -2.43. The molecule has 1 amide bonds. The minimum atomic E-state index is -3.60. The zero-order valence-corrected chi connectivity index (χ0v) is 19.2. The Hall–Kier alpha value is -2.82. The Balaban J connectivity index is 1.43. The minimum Gasteiger partial charge on any atom is -0.485 e. The van der Waals surface area contributed by atoms with Gasteiger partial charge in [0, 0.05) is 36.6 Å². The van der Waals surface area contributed by atoms with E-state index in [2.05, 4.69) is 15.3 Å². The Labute approximate surface area is 191 Å². The summed E-state index contributed by atoms with van der Waals surface area (Å²) in [6.45, 7) is 2.74. The highest BCUT2D eigenvalue weighted by molar-refractivity contribution is 7.91. The van der Waals surface area contributed by atoms with Gasteiger partial charge in [0.15, 0.2) is 11.6 Å². The van der Waals surface area contributed by atoms with Crippen LogP contribution in [0.25, 0.3) is 0 Å². The maximum Gasteiger partial charge on any atom is 0.252 e. The summed E-state index contributed by atoms with van der Waals surface area (Å²) >= 11 is 1.25. The monoisotopic (exact) mass is 472 g/mol. The van der Waals surface area contributed by atoms with Gasteiger partial charge in [0.25, 0.3) is 10.0 Å². The Morgan fingerprint density at radius 3 is 2.78 bits per heavy atom. The number of nitrogens with zero attached hydrogens (tertiary/aromatic N) is 3. The number of anilines is 1. The normalized spacial score (nSPS) is 17.1. The number of rotatable bonds is 7. The van der Waals surface area contributed by atoms with Crippen LogP contribution in [0.3, 0.4) is 0 Å². The smallest absolute Gasteiger partial charge is 0.252 e. The highest BCUT2D eigenvalue weighted by Gasteiger charge is 2.34. The van der Waals surface area contributed by atoms with Crippen molar-refractivity contribution in [1.29, 1.82) is 0 Å². The average molecular weight is 473 g/mol. The number of thiophene rings is 1. The molecule has 1 unspecified atom stereocenters. The fraction of sp³-hybridized carbons (Fsp3) is 0.318. The largest absolute Gasteiger partial charge is 0.485 e. The molecule has 4 rings (SSSR count). The molecule has 1 aliphatic heterocycles. The number of piperidine rings is 1. The van der Waals surface area contributed by atoms with Crippen LogP contribution in [0.1, 0.15) is 23.3 Å². The first-order valence-corrected chi connectivity index (χ1v) is 12.5. The van der Waals surface area contributed by atoms with Gasteiger partial charge in [-0.2, -0.15) is 4.31 Å². The van der Waals surface area contributed by atoms with Crippen molar-refractivity contribution in [3.63, 3.8) is 0 Å². The molecule has 1 aliphatic rings. The second-order valence-corrected chi connectivity index (χ2v) is 11.0. The van der Waals surface area contributed by atoms with Crippen molar-refractivity contribution < 1.29 is 17.9 Å². The highest BCUT2D eigenvalue weighted by Crippen LogP contribution is 2.29.